The Balaban J connectivity index is 2.31. The van der Waals surface area contributed by atoms with E-state index in [4.69, 9.17) is 28.9 Å². The van der Waals surface area contributed by atoms with Crippen molar-refractivity contribution in [3.8, 4) is 11.8 Å². The molecule has 0 saturated heterocycles. The molecule has 0 aliphatic rings. The number of rotatable bonds is 2. The van der Waals surface area contributed by atoms with Crippen LogP contribution in [-0.2, 0) is 0 Å². The van der Waals surface area contributed by atoms with Gasteiger partial charge in [0.2, 0.25) is 0 Å². The average molecular weight is 339 g/mol. The van der Waals surface area contributed by atoms with Crippen LogP contribution >= 0.6 is 34.5 Å². The molecule has 0 fully saturated rings. The Bertz CT molecular complexity index is 744. The maximum absolute atomic E-state index is 12.4. The first-order valence-corrected chi connectivity index (χ1v) is 7.70. The van der Waals surface area contributed by atoms with Crippen molar-refractivity contribution < 1.29 is 4.79 Å². The standard InChI is InChI=1S/C15H12Cl2N2OS/c1-9-4-5-11(16)13(12(9)17)19-15(20)14-10(3-2-7-18)6-8-21-14/h4-6,8H,7,18H2,1H3,(H,19,20). The third kappa shape index (κ3) is 3.58. The number of hydrogen-bond acceptors (Lipinski definition) is 3. The molecule has 21 heavy (non-hydrogen) atoms. The van der Waals surface area contributed by atoms with E-state index >= 15 is 0 Å². The van der Waals surface area contributed by atoms with Crippen molar-refractivity contribution in [3.63, 3.8) is 0 Å². The molecule has 1 aromatic carbocycles. The van der Waals surface area contributed by atoms with Gasteiger partial charge in [-0.3, -0.25) is 4.79 Å². The second-order valence-corrected chi connectivity index (χ2v) is 5.88. The van der Waals surface area contributed by atoms with Crippen molar-refractivity contribution in [1.29, 1.82) is 0 Å². The molecule has 0 aliphatic heterocycles. The predicted octanol–water partition coefficient (Wildman–Crippen LogP) is 3.93. The minimum absolute atomic E-state index is 0.243. The minimum Gasteiger partial charge on any atom is -0.320 e. The highest BCUT2D eigenvalue weighted by Crippen LogP contribution is 2.33. The van der Waals surface area contributed by atoms with Gasteiger partial charge in [-0.2, -0.15) is 0 Å². The largest absolute Gasteiger partial charge is 0.320 e. The Kier molecular flexibility index (Phi) is 5.27. The summed E-state index contributed by atoms with van der Waals surface area (Å²) in [6, 6.07) is 5.27. The molecular weight excluding hydrogens is 327 g/mol. The van der Waals surface area contributed by atoms with Crippen LogP contribution in [0.3, 0.4) is 0 Å². The molecule has 1 amide bonds. The van der Waals surface area contributed by atoms with Crippen LogP contribution in [0.15, 0.2) is 23.6 Å². The maximum atomic E-state index is 12.4. The number of carbonyl (C=O) groups excluding carboxylic acids is 1. The average Bonchev–Trinajstić information content (AvgIpc) is 2.93. The molecular formula is C15H12Cl2N2OS. The number of carbonyl (C=O) groups is 1. The number of anilines is 1. The molecule has 2 aromatic rings. The fourth-order valence-electron chi connectivity index (χ4n) is 1.67. The first kappa shape index (κ1) is 15.9. The second-order valence-electron chi connectivity index (χ2n) is 4.18. The Morgan fingerprint density at radius 1 is 1.38 bits per heavy atom. The molecule has 3 nitrogen and oxygen atoms in total. The van der Waals surface area contributed by atoms with Crippen molar-refractivity contribution in [2.45, 2.75) is 6.92 Å². The summed E-state index contributed by atoms with van der Waals surface area (Å²) in [5, 5.41) is 5.37. The zero-order chi connectivity index (χ0) is 15.4. The lowest BCUT2D eigenvalue weighted by Crippen LogP contribution is -2.12. The summed E-state index contributed by atoms with van der Waals surface area (Å²) < 4.78 is 0. The molecule has 0 unspecified atom stereocenters. The molecule has 6 heteroatoms. The van der Waals surface area contributed by atoms with Gasteiger partial charge in [0.1, 0.15) is 4.88 Å². The van der Waals surface area contributed by atoms with Gasteiger partial charge in [0.15, 0.2) is 0 Å². The van der Waals surface area contributed by atoms with Gasteiger partial charge in [-0.1, -0.05) is 41.1 Å². The highest BCUT2D eigenvalue weighted by atomic mass is 35.5. The monoisotopic (exact) mass is 338 g/mol. The third-order valence-electron chi connectivity index (χ3n) is 2.72. The van der Waals surface area contributed by atoms with E-state index in [2.05, 4.69) is 17.2 Å². The van der Waals surface area contributed by atoms with Crippen molar-refractivity contribution >= 4 is 46.1 Å². The summed E-state index contributed by atoms with van der Waals surface area (Å²) in [6.07, 6.45) is 0. The molecule has 108 valence electrons. The lowest BCUT2D eigenvalue weighted by Gasteiger charge is -2.10. The molecule has 0 saturated carbocycles. The topological polar surface area (TPSA) is 55.1 Å². The van der Waals surface area contributed by atoms with Crippen LogP contribution in [-0.4, -0.2) is 12.5 Å². The van der Waals surface area contributed by atoms with E-state index in [1.807, 2.05) is 6.92 Å². The normalized spacial score (nSPS) is 9.90. The second kappa shape index (κ2) is 6.97. The molecule has 0 radical (unpaired) electrons. The molecule has 0 aliphatic carbocycles. The maximum Gasteiger partial charge on any atom is 0.267 e. The van der Waals surface area contributed by atoms with Gasteiger partial charge in [-0.25, -0.2) is 0 Å². The van der Waals surface area contributed by atoms with Crippen molar-refractivity contribution in [2.24, 2.45) is 5.73 Å². The first-order valence-electron chi connectivity index (χ1n) is 6.07. The van der Waals surface area contributed by atoms with E-state index in [0.29, 0.717) is 26.2 Å². The molecule has 2 rings (SSSR count). The predicted molar refractivity (Wildman–Crippen MR) is 89.4 cm³/mol. The number of hydrogen-bond donors (Lipinski definition) is 2. The Labute approximate surface area is 137 Å². The van der Waals surface area contributed by atoms with Gasteiger partial charge in [0.05, 0.1) is 22.3 Å². The van der Waals surface area contributed by atoms with Gasteiger partial charge in [0.25, 0.3) is 5.91 Å². The van der Waals surface area contributed by atoms with Crippen molar-refractivity contribution in [2.75, 3.05) is 11.9 Å². The Hall–Kier alpha value is -1.51. The molecule has 0 bridgehead atoms. The summed E-state index contributed by atoms with van der Waals surface area (Å²) in [4.78, 5) is 12.9. The molecule has 1 heterocycles. The fraction of sp³-hybridized carbons (Fsp3) is 0.133. The summed E-state index contributed by atoms with van der Waals surface area (Å²) >= 11 is 13.6. The van der Waals surface area contributed by atoms with Crippen LogP contribution in [0.5, 0.6) is 0 Å². The van der Waals surface area contributed by atoms with Gasteiger partial charge in [-0.05, 0) is 30.0 Å². The van der Waals surface area contributed by atoms with Crippen LogP contribution < -0.4 is 11.1 Å². The zero-order valence-corrected chi connectivity index (χ0v) is 13.5. The third-order valence-corrected chi connectivity index (χ3v) is 4.43. The highest BCUT2D eigenvalue weighted by molar-refractivity contribution is 7.12. The number of halogens is 2. The molecule has 3 N–H and O–H groups in total. The van der Waals surface area contributed by atoms with E-state index in [0.717, 1.165) is 5.56 Å². The summed E-state index contributed by atoms with van der Waals surface area (Å²) in [6.45, 7) is 2.09. The van der Waals surface area contributed by atoms with Crippen LogP contribution in [0, 0.1) is 18.8 Å². The zero-order valence-electron chi connectivity index (χ0n) is 11.2. The van der Waals surface area contributed by atoms with E-state index < -0.39 is 0 Å². The van der Waals surface area contributed by atoms with E-state index in [1.165, 1.54) is 11.3 Å². The number of thiophene rings is 1. The smallest absolute Gasteiger partial charge is 0.267 e. The fourth-order valence-corrected chi connectivity index (χ4v) is 2.88. The Morgan fingerprint density at radius 3 is 2.86 bits per heavy atom. The van der Waals surface area contributed by atoms with Crippen LogP contribution in [0.25, 0.3) is 0 Å². The SMILES string of the molecule is Cc1ccc(Cl)c(NC(=O)c2sccc2C#CCN)c1Cl. The van der Waals surface area contributed by atoms with E-state index in [9.17, 15) is 4.79 Å². The number of nitrogens with two attached hydrogens (primary N) is 1. The number of aryl methyl sites for hydroxylation is 1. The number of amides is 1. The van der Waals surface area contributed by atoms with Gasteiger partial charge in [0, 0.05) is 5.56 Å². The van der Waals surface area contributed by atoms with Crippen LogP contribution in [0.1, 0.15) is 20.8 Å². The summed E-state index contributed by atoms with van der Waals surface area (Å²) in [5.74, 6) is 5.31. The highest BCUT2D eigenvalue weighted by Gasteiger charge is 2.16. The number of nitrogens with one attached hydrogen (secondary N) is 1. The van der Waals surface area contributed by atoms with Gasteiger partial charge < -0.3 is 11.1 Å². The van der Waals surface area contributed by atoms with Crippen LogP contribution in [0.4, 0.5) is 5.69 Å². The molecule has 0 spiro atoms. The van der Waals surface area contributed by atoms with E-state index in [-0.39, 0.29) is 12.5 Å². The molecule has 0 atom stereocenters. The summed E-state index contributed by atoms with van der Waals surface area (Å²) in [5.41, 5.74) is 7.24. The lowest BCUT2D eigenvalue weighted by molar-refractivity contribution is 0.103. The summed E-state index contributed by atoms with van der Waals surface area (Å²) in [7, 11) is 0. The first-order chi connectivity index (χ1) is 10.0. The lowest BCUT2D eigenvalue weighted by atomic mass is 10.2. The molecule has 1 aromatic heterocycles. The quantitative estimate of drug-likeness (QED) is 0.815. The van der Waals surface area contributed by atoms with Gasteiger partial charge in [-0.15, -0.1) is 11.3 Å². The van der Waals surface area contributed by atoms with Crippen LogP contribution in [0.2, 0.25) is 10.0 Å². The van der Waals surface area contributed by atoms with Crippen molar-refractivity contribution in [3.05, 3.63) is 49.6 Å². The van der Waals surface area contributed by atoms with Crippen molar-refractivity contribution in [1.82, 2.24) is 0 Å². The van der Waals surface area contributed by atoms with E-state index in [1.54, 1.807) is 23.6 Å². The Morgan fingerprint density at radius 2 is 2.14 bits per heavy atom. The number of benzene rings is 1. The minimum atomic E-state index is -0.291. The van der Waals surface area contributed by atoms with Gasteiger partial charge >= 0.3 is 0 Å².